The number of methoxy groups -OCH3 is 1. The van der Waals surface area contributed by atoms with Crippen LogP contribution in [-0.2, 0) is 4.74 Å². The minimum absolute atomic E-state index is 0.118. The van der Waals surface area contributed by atoms with Gasteiger partial charge in [-0.2, -0.15) is 0 Å². The van der Waals surface area contributed by atoms with Gasteiger partial charge in [0.2, 0.25) is 0 Å². The highest BCUT2D eigenvalue weighted by Gasteiger charge is 2.18. The minimum Gasteiger partial charge on any atom is -0.452 e. The molecule has 0 radical (unpaired) electrons. The SMILES string of the molecule is COC(=O)n1ccc2cccc([N+](=O)[O-])c21. The molecule has 1 aromatic carbocycles. The summed E-state index contributed by atoms with van der Waals surface area (Å²) in [6.07, 6.45) is 0.799. The summed E-state index contributed by atoms with van der Waals surface area (Å²) in [5, 5.41) is 11.4. The van der Waals surface area contributed by atoms with Crippen molar-refractivity contribution in [2.75, 3.05) is 7.11 Å². The van der Waals surface area contributed by atoms with E-state index in [9.17, 15) is 14.9 Å². The van der Waals surface area contributed by atoms with Crippen molar-refractivity contribution in [3.8, 4) is 0 Å². The number of fused-ring (bicyclic) bond motifs is 1. The van der Waals surface area contributed by atoms with Crippen LogP contribution in [0.25, 0.3) is 10.9 Å². The number of aromatic nitrogens is 1. The van der Waals surface area contributed by atoms with Gasteiger partial charge in [0.1, 0.15) is 5.52 Å². The Bertz CT molecular complexity index is 573. The van der Waals surface area contributed by atoms with Crippen molar-refractivity contribution in [1.82, 2.24) is 4.57 Å². The first-order chi connectivity index (χ1) is 7.65. The zero-order valence-electron chi connectivity index (χ0n) is 8.41. The van der Waals surface area contributed by atoms with Gasteiger partial charge in [-0.3, -0.25) is 10.1 Å². The Morgan fingerprint density at radius 2 is 2.19 bits per heavy atom. The number of hydrogen-bond donors (Lipinski definition) is 0. The number of non-ortho nitro benzene ring substituents is 1. The number of benzene rings is 1. The Labute approximate surface area is 90.2 Å². The fourth-order valence-electron chi connectivity index (χ4n) is 1.57. The summed E-state index contributed by atoms with van der Waals surface area (Å²) >= 11 is 0. The van der Waals surface area contributed by atoms with Crippen LogP contribution in [-0.4, -0.2) is 22.7 Å². The van der Waals surface area contributed by atoms with E-state index in [1.54, 1.807) is 18.2 Å². The minimum atomic E-state index is -0.649. The fraction of sp³-hybridized carbons (Fsp3) is 0.100. The highest BCUT2D eigenvalue weighted by molar-refractivity contribution is 5.95. The van der Waals surface area contributed by atoms with E-state index in [-0.39, 0.29) is 11.2 Å². The van der Waals surface area contributed by atoms with Crippen LogP contribution in [0.2, 0.25) is 0 Å². The van der Waals surface area contributed by atoms with Gasteiger partial charge in [0.25, 0.3) is 5.69 Å². The molecule has 2 aromatic rings. The Morgan fingerprint density at radius 1 is 1.44 bits per heavy atom. The van der Waals surface area contributed by atoms with Gasteiger partial charge in [-0.05, 0) is 6.07 Å². The first-order valence-corrected chi connectivity index (χ1v) is 4.48. The van der Waals surface area contributed by atoms with Crippen molar-refractivity contribution in [1.29, 1.82) is 0 Å². The van der Waals surface area contributed by atoms with E-state index < -0.39 is 11.0 Å². The average Bonchev–Trinajstić information content (AvgIpc) is 2.71. The van der Waals surface area contributed by atoms with E-state index in [1.807, 2.05) is 0 Å². The summed E-state index contributed by atoms with van der Waals surface area (Å²) in [6, 6.07) is 6.24. The normalized spacial score (nSPS) is 10.3. The van der Waals surface area contributed by atoms with E-state index >= 15 is 0 Å². The number of ether oxygens (including phenoxy) is 1. The van der Waals surface area contributed by atoms with E-state index in [1.165, 1.54) is 19.4 Å². The molecule has 0 unspecified atom stereocenters. The molecule has 0 amide bonds. The topological polar surface area (TPSA) is 74.4 Å². The highest BCUT2D eigenvalue weighted by atomic mass is 16.6. The molecule has 0 aliphatic rings. The van der Waals surface area contributed by atoms with Crippen molar-refractivity contribution in [2.24, 2.45) is 0 Å². The molecule has 0 aliphatic carbocycles. The number of rotatable bonds is 1. The summed E-state index contributed by atoms with van der Waals surface area (Å²) in [6.45, 7) is 0. The number of nitro groups is 1. The second-order valence-corrected chi connectivity index (χ2v) is 3.13. The van der Waals surface area contributed by atoms with Gasteiger partial charge < -0.3 is 4.74 Å². The average molecular weight is 220 g/mol. The van der Waals surface area contributed by atoms with Crippen LogP contribution in [0.3, 0.4) is 0 Å². The van der Waals surface area contributed by atoms with Gasteiger partial charge in [-0.15, -0.1) is 0 Å². The van der Waals surface area contributed by atoms with Crippen molar-refractivity contribution in [2.45, 2.75) is 0 Å². The van der Waals surface area contributed by atoms with Gasteiger partial charge in [0.15, 0.2) is 0 Å². The van der Waals surface area contributed by atoms with Gasteiger partial charge >= 0.3 is 6.09 Å². The molecule has 0 bridgehead atoms. The molecular formula is C10H8N2O4. The molecule has 0 N–H and O–H groups in total. The first-order valence-electron chi connectivity index (χ1n) is 4.48. The van der Waals surface area contributed by atoms with E-state index in [0.29, 0.717) is 5.39 Å². The molecule has 0 fully saturated rings. The first kappa shape index (κ1) is 10.2. The van der Waals surface area contributed by atoms with Crippen molar-refractivity contribution in [3.63, 3.8) is 0 Å². The maximum absolute atomic E-state index is 11.4. The third-order valence-electron chi connectivity index (χ3n) is 2.26. The van der Waals surface area contributed by atoms with Crippen LogP contribution in [0.4, 0.5) is 10.5 Å². The standard InChI is InChI=1S/C10H8N2O4/c1-16-10(13)11-6-5-7-3-2-4-8(9(7)11)12(14)15/h2-6H,1H3. The van der Waals surface area contributed by atoms with E-state index in [0.717, 1.165) is 4.57 Å². The van der Waals surface area contributed by atoms with Gasteiger partial charge in [0.05, 0.1) is 12.0 Å². The second-order valence-electron chi connectivity index (χ2n) is 3.13. The van der Waals surface area contributed by atoms with Crippen LogP contribution < -0.4 is 0 Å². The quantitative estimate of drug-likeness (QED) is 0.545. The molecule has 0 aliphatic heterocycles. The van der Waals surface area contributed by atoms with Crippen LogP contribution in [0.5, 0.6) is 0 Å². The van der Waals surface area contributed by atoms with Crippen LogP contribution >= 0.6 is 0 Å². The lowest BCUT2D eigenvalue weighted by atomic mass is 10.2. The molecule has 0 saturated carbocycles. The largest absolute Gasteiger partial charge is 0.452 e. The van der Waals surface area contributed by atoms with Gasteiger partial charge in [0, 0.05) is 17.6 Å². The molecule has 16 heavy (non-hydrogen) atoms. The Morgan fingerprint density at radius 3 is 2.81 bits per heavy atom. The Balaban J connectivity index is 2.77. The number of hydrogen-bond acceptors (Lipinski definition) is 4. The summed E-state index contributed by atoms with van der Waals surface area (Å²) in [7, 11) is 1.23. The fourth-order valence-corrected chi connectivity index (χ4v) is 1.57. The maximum Gasteiger partial charge on any atom is 0.418 e. The van der Waals surface area contributed by atoms with E-state index in [2.05, 4.69) is 4.74 Å². The number of para-hydroxylation sites is 1. The molecule has 0 saturated heterocycles. The number of carbonyl (C=O) groups excluding carboxylic acids is 1. The van der Waals surface area contributed by atoms with Crippen LogP contribution in [0, 0.1) is 10.1 Å². The lowest BCUT2D eigenvalue weighted by molar-refractivity contribution is -0.383. The second kappa shape index (κ2) is 3.65. The lowest BCUT2D eigenvalue weighted by Crippen LogP contribution is -2.10. The van der Waals surface area contributed by atoms with E-state index in [4.69, 9.17) is 0 Å². The summed E-state index contributed by atoms with van der Waals surface area (Å²) in [4.78, 5) is 21.7. The summed E-state index contributed by atoms with van der Waals surface area (Å²) < 4.78 is 5.66. The third-order valence-corrected chi connectivity index (χ3v) is 2.26. The molecule has 0 atom stereocenters. The smallest absolute Gasteiger partial charge is 0.418 e. The zero-order chi connectivity index (χ0) is 11.7. The highest BCUT2D eigenvalue weighted by Crippen LogP contribution is 2.26. The summed E-state index contributed by atoms with van der Waals surface area (Å²) in [5.41, 5.74) is 0.132. The van der Waals surface area contributed by atoms with Crippen molar-refractivity contribution >= 4 is 22.7 Å². The van der Waals surface area contributed by atoms with Gasteiger partial charge in [-0.25, -0.2) is 9.36 Å². The zero-order valence-corrected chi connectivity index (χ0v) is 8.41. The molecule has 2 rings (SSSR count). The molecule has 1 aromatic heterocycles. The molecule has 82 valence electrons. The predicted octanol–water partition coefficient (Wildman–Crippen LogP) is 2.16. The summed E-state index contributed by atoms with van der Waals surface area (Å²) in [5.74, 6) is 0. The maximum atomic E-state index is 11.4. The Hall–Kier alpha value is -2.37. The molecule has 1 heterocycles. The number of carbonyl (C=O) groups is 1. The molecule has 6 heteroatoms. The van der Waals surface area contributed by atoms with Crippen LogP contribution in [0.15, 0.2) is 30.5 Å². The van der Waals surface area contributed by atoms with Crippen molar-refractivity contribution < 1.29 is 14.5 Å². The van der Waals surface area contributed by atoms with Crippen molar-refractivity contribution in [3.05, 3.63) is 40.6 Å². The Kier molecular flexibility index (Phi) is 2.32. The molecule has 0 spiro atoms. The van der Waals surface area contributed by atoms with Crippen LogP contribution in [0.1, 0.15) is 0 Å². The molecular weight excluding hydrogens is 212 g/mol. The molecule has 6 nitrogen and oxygen atoms in total. The predicted molar refractivity (Wildman–Crippen MR) is 56.4 cm³/mol. The third kappa shape index (κ3) is 1.40. The number of nitrogens with zero attached hydrogens (tertiary/aromatic N) is 2. The number of nitro benzene ring substituents is 1. The lowest BCUT2D eigenvalue weighted by Gasteiger charge is -2.02. The van der Waals surface area contributed by atoms with Gasteiger partial charge in [-0.1, -0.05) is 12.1 Å². The monoisotopic (exact) mass is 220 g/mol.